The van der Waals surface area contributed by atoms with E-state index in [9.17, 15) is 5.11 Å². The fourth-order valence-electron chi connectivity index (χ4n) is 2.02. The average molecular weight is 320 g/mol. The van der Waals surface area contributed by atoms with Gasteiger partial charge in [-0.2, -0.15) is 0 Å². The highest BCUT2D eigenvalue weighted by molar-refractivity contribution is 9.10. The Morgan fingerprint density at radius 1 is 1.05 bits per heavy atom. The lowest BCUT2D eigenvalue weighted by molar-refractivity contribution is 0.148. The van der Waals surface area contributed by atoms with Crippen molar-refractivity contribution in [2.24, 2.45) is 0 Å². The van der Waals surface area contributed by atoms with Gasteiger partial charge < -0.3 is 10.4 Å². The van der Waals surface area contributed by atoms with E-state index >= 15 is 0 Å². The smallest absolute Gasteiger partial charge is 0.0780 e. The van der Waals surface area contributed by atoms with E-state index in [1.807, 2.05) is 61.5 Å². The molecule has 0 radical (unpaired) electrons. The van der Waals surface area contributed by atoms with E-state index in [-0.39, 0.29) is 6.04 Å². The summed E-state index contributed by atoms with van der Waals surface area (Å²) in [5.41, 5.74) is 2.10. The van der Waals surface area contributed by atoms with E-state index in [1.165, 1.54) is 0 Å². The van der Waals surface area contributed by atoms with Crippen molar-refractivity contribution in [1.82, 2.24) is 0 Å². The van der Waals surface area contributed by atoms with Crippen LogP contribution < -0.4 is 5.32 Å². The van der Waals surface area contributed by atoms with Gasteiger partial charge in [-0.3, -0.25) is 0 Å². The van der Waals surface area contributed by atoms with E-state index in [1.54, 1.807) is 0 Å². The molecule has 0 saturated carbocycles. The summed E-state index contributed by atoms with van der Waals surface area (Å²) in [4.78, 5) is 0. The number of aliphatic hydroxyl groups excluding tert-OH is 1. The zero-order chi connectivity index (χ0) is 13.7. The fourth-order valence-corrected chi connectivity index (χ4v) is 2.29. The summed E-state index contributed by atoms with van der Waals surface area (Å²) in [7, 11) is 0. The summed E-state index contributed by atoms with van der Waals surface area (Å²) in [5.74, 6) is 0. The summed E-state index contributed by atoms with van der Waals surface area (Å²) in [5, 5.41) is 13.6. The molecule has 0 bridgehead atoms. The predicted molar refractivity (Wildman–Crippen MR) is 83.2 cm³/mol. The number of anilines is 1. The molecule has 0 aliphatic carbocycles. The molecule has 0 saturated heterocycles. The summed E-state index contributed by atoms with van der Waals surface area (Å²) < 4.78 is 1.05. The van der Waals surface area contributed by atoms with Crippen molar-refractivity contribution in [2.75, 3.05) is 5.32 Å². The lowest BCUT2D eigenvalue weighted by Gasteiger charge is -2.25. The molecular formula is C16H18BrNO. The molecule has 0 aromatic heterocycles. The second kappa shape index (κ2) is 6.73. The van der Waals surface area contributed by atoms with Gasteiger partial charge in [0.1, 0.15) is 0 Å². The first-order valence-electron chi connectivity index (χ1n) is 6.46. The Balaban J connectivity index is 2.21. The number of aliphatic hydroxyl groups is 1. The first-order chi connectivity index (χ1) is 9.20. The summed E-state index contributed by atoms with van der Waals surface area (Å²) in [6, 6.07) is 17.9. The molecule has 2 aromatic rings. The molecule has 0 aliphatic rings. The minimum absolute atomic E-state index is 0.0904. The maximum absolute atomic E-state index is 10.2. The third-order valence-corrected chi connectivity index (χ3v) is 3.66. The van der Waals surface area contributed by atoms with Crippen LogP contribution in [0.5, 0.6) is 0 Å². The standard InChI is InChI=1S/C16H18BrNO/c1-2-15(19)16(12-6-4-3-5-7-12)18-14-10-8-13(17)9-11-14/h3-11,15-16,18-19H,2H2,1H3. The van der Waals surface area contributed by atoms with Crippen LogP contribution in [0.1, 0.15) is 24.9 Å². The average Bonchev–Trinajstić information content (AvgIpc) is 2.47. The maximum Gasteiger partial charge on any atom is 0.0780 e. The van der Waals surface area contributed by atoms with Gasteiger partial charge in [-0.25, -0.2) is 0 Å². The Morgan fingerprint density at radius 3 is 2.26 bits per heavy atom. The fraction of sp³-hybridized carbons (Fsp3) is 0.250. The number of rotatable bonds is 5. The highest BCUT2D eigenvalue weighted by atomic mass is 79.9. The predicted octanol–water partition coefficient (Wildman–Crippen LogP) is 4.37. The quantitative estimate of drug-likeness (QED) is 0.857. The van der Waals surface area contributed by atoms with Gasteiger partial charge >= 0.3 is 0 Å². The number of hydrogen-bond acceptors (Lipinski definition) is 2. The third-order valence-electron chi connectivity index (χ3n) is 3.13. The van der Waals surface area contributed by atoms with Gasteiger partial charge in [0, 0.05) is 10.2 Å². The van der Waals surface area contributed by atoms with Crippen LogP contribution in [-0.2, 0) is 0 Å². The Bertz CT molecular complexity index is 498. The van der Waals surface area contributed by atoms with E-state index in [2.05, 4.69) is 21.2 Å². The van der Waals surface area contributed by atoms with E-state index in [0.29, 0.717) is 6.42 Å². The Morgan fingerprint density at radius 2 is 1.68 bits per heavy atom. The van der Waals surface area contributed by atoms with Crippen molar-refractivity contribution >= 4 is 21.6 Å². The van der Waals surface area contributed by atoms with Crippen molar-refractivity contribution < 1.29 is 5.11 Å². The topological polar surface area (TPSA) is 32.3 Å². The van der Waals surface area contributed by atoms with Crippen LogP contribution in [0.4, 0.5) is 5.69 Å². The first-order valence-corrected chi connectivity index (χ1v) is 7.25. The molecule has 100 valence electrons. The lowest BCUT2D eigenvalue weighted by Crippen LogP contribution is -2.24. The van der Waals surface area contributed by atoms with Crippen LogP contribution in [0.25, 0.3) is 0 Å². The summed E-state index contributed by atoms with van der Waals surface area (Å²) in [6.07, 6.45) is 0.300. The SMILES string of the molecule is CCC(O)C(Nc1ccc(Br)cc1)c1ccccc1. The minimum Gasteiger partial charge on any atom is -0.391 e. The van der Waals surface area contributed by atoms with Gasteiger partial charge in [0.25, 0.3) is 0 Å². The third kappa shape index (κ3) is 3.82. The van der Waals surface area contributed by atoms with Crippen molar-refractivity contribution in [3.8, 4) is 0 Å². The minimum atomic E-state index is -0.411. The van der Waals surface area contributed by atoms with Gasteiger partial charge in [-0.15, -0.1) is 0 Å². The van der Waals surface area contributed by atoms with Crippen LogP contribution in [0.2, 0.25) is 0 Å². The molecule has 2 atom stereocenters. The lowest BCUT2D eigenvalue weighted by atomic mass is 9.99. The van der Waals surface area contributed by atoms with Crippen LogP contribution >= 0.6 is 15.9 Å². The van der Waals surface area contributed by atoms with Crippen molar-refractivity contribution in [3.05, 3.63) is 64.6 Å². The van der Waals surface area contributed by atoms with Gasteiger partial charge in [-0.1, -0.05) is 53.2 Å². The van der Waals surface area contributed by atoms with Crippen LogP contribution in [0, 0.1) is 0 Å². The number of halogens is 1. The van der Waals surface area contributed by atoms with Crippen molar-refractivity contribution in [2.45, 2.75) is 25.5 Å². The van der Waals surface area contributed by atoms with Crippen molar-refractivity contribution in [3.63, 3.8) is 0 Å². The molecule has 2 aromatic carbocycles. The molecule has 0 heterocycles. The van der Waals surface area contributed by atoms with E-state index in [0.717, 1.165) is 15.7 Å². The zero-order valence-corrected chi connectivity index (χ0v) is 12.5. The molecule has 0 aliphatic heterocycles. The van der Waals surface area contributed by atoms with Gasteiger partial charge in [0.15, 0.2) is 0 Å². The number of benzene rings is 2. The number of hydrogen-bond donors (Lipinski definition) is 2. The summed E-state index contributed by atoms with van der Waals surface area (Å²) in [6.45, 7) is 1.99. The highest BCUT2D eigenvalue weighted by Gasteiger charge is 2.19. The normalized spacial score (nSPS) is 13.8. The van der Waals surface area contributed by atoms with Gasteiger partial charge in [0.2, 0.25) is 0 Å². The molecule has 2 unspecified atom stereocenters. The molecular weight excluding hydrogens is 302 g/mol. The molecule has 0 spiro atoms. The van der Waals surface area contributed by atoms with Gasteiger partial charge in [0.05, 0.1) is 12.1 Å². The summed E-state index contributed by atoms with van der Waals surface area (Å²) >= 11 is 3.42. The van der Waals surface area contributed by atoms with Crippen LogP contribution in [0.3, 0.4) is 0 Å². The monoisotopic (exact) mass is 319 g/mol. The van der Waals surface area contributed by atoms with Gasteiger partial charge in [-0.05, 0) is 36.2 Å². The zero-order valence-electron chi connectivity index (χ0n) is 10.9. The molecule has 2 rings (SSSR count). The molecule has 19 heavy (non-hydrogen) atoms. The second-order valence-electron chi connectivity index (χ2n) is 4.52. The van der Waals surface area contributed by atoms with E-state index in [4.69, 9.17) is 0 Å². The second-order valence-corrected chi connectivity index (χ2v) is 5.43. The van der Waals surface area contributed by atoms with E-state index < -0.39 is 6.10 Å². The van der Waals surface area contributed by atoms with Crippen LogP contribution in [-0.4, -0.2) is 11.2 Å². The highest BCUT2D eigenvalue weighted by Crippen LogP contribution is 2.25. The van der Waals surface area contributed by atoms with Crippen LogP contribution in [0.15, 0.2) is 59.1 Å². The Kier molecular flexibility index (Phi) is 5.00. The molecule has 0 amide bonds. The molecule has 0 fully saturated rings. The molecule has 2 nitrogen and oxygen atoms in total. The Hall–Kier alpha value is -1.32. The largest absolute Gasteiger partial charge is 0.391 e. The van der Waals surface area contributed by atoms with Crippen molar-refractivity contribution in [1.29, 1.82) is 0 Å². The molecule has 2 N–H and O–H groups in total. The maximum atomic E-state index is 10.2. The number of nitrogens with one attached hydrogen (secondary N) is 1. The first kappa shape index (κ1) is 14.1. The molecule has 3 heteroatoms. The Labute approximate surface area is 122 Å².